The summed E-state index contributed by atoms with van der Waals surface area (Å²) in [5, 5.41) is 5.53. The fourth-order valence-corrected chi connectivity index (χ4v) is 2.37. The molecule has 0 saturated heterocycles. The summed E-state index contributed by atoms with van der Waals surface area (Å²) >= 11 is 0. The summed E-state index contributed by atoms with van der Waals surface area (Å²) in [5.74, 6) is 0.0954. The van der Waals surface area contributed by atoms with Crippen LogP contribution in [0, 0.1) is 6.92 Å². The number of halogens is 3. The van der Waals surface area contributed by atoms with E-state index in [0.29, 0.717) is 17.1 Å². The maximum Gasteiger partial charge on any atom is 0.416 e. The monoisotopic (exact) mass is 371 g/mol. The molecule has 4 nitrogen and oxygen atoms in total. The number of carbonyl (C=O) groups is 1. The molecule has 0 fully saturated rings. The number of alkyl halides is 3. The summed E-state index contributed by atoms with van der Waals surface area (Å²) in [4.78, 5) is 16.3. The molecule has 1 amide bonds. The number of carbonyl (C=O) groups excluding carboxylic acids is 1. The van der Waals surface area contributed by atoms with Crippen LogP contribution >= 0.6 is 0 Å². The van der Waals surface area contributed by atoms with Gasteiger partial charge >= 0.3 is 6.18 Å². The quantitative estimate of drug-likeness (QED) is 0.645. The molecule has 0 radical (unpaired) electrons. The Balaban J connectivity index is 1.67. The van der Waals surface area contributed by atoms with Gasteiger partial charge in [-0.3, -0.25) is 4.79 Å². The largest absolute Gasteiger partial charge is 0.416 e. The van der Waals surface area contributed by atoms with E-state index >= 15 is 0 Å². The fraction of sp³-hybridized carbons (Fsp3) is 0.100. The summed E-state index contributed by atoms with van der Waals surface area (Å²) in [5.41, 5.74) is 1.59. The van der Waals surface area contributed by atoms with Gasteiger partial charge in [0, 0.05) is 11.3 Å². The van der Waals surface area contributed by atoms with Gasteiger partial charge in [0.2, 0.25) is 0 Å². The summed E-state index contributed by atoms with van der Waals surface area (Å²) < 4.78 is 38.3. The fourth-order valence-electron chi connectivity index (χ4n) is 2.37. The number of pyridine rings is 1. The molecule has 1 heterocycles. The van der Waals surface area contributed by atoms with Gasteiger partial charge in [-0.15, -0.1) is 0 Å². The first-order chi connectivity index (χ1) is 12.8. The van der Waals surface area contributed by atoms with E-state index < -0.39 is 11.7 Å². The highest BCUT2D eigenvalue weighted by atomic mass is 19.4. The van der Waals surface area contributed by atoms with Crippen molar-refractivity contribution in [3.63, 3.8) is 0 Å². The highest BCUT2D eigenvalue weighted by Gasteiger charge is 2.30. The maximum absolute atomic E-state index is 12.8. The predicted molar refractivity (Wildman–Crippen MR) is 98.1 cm³/mol. The smallest absolute Gasteiger partial charge is 0.340 e. The van der Waals surface area contributed by atoms with Crippen LogP contribution in [0.3, 0.4) is 0 Å². The Labute approximate surface area is 154 Å². The number of hydrogen-bond acceptors (Lipinski definition) is 3. The molecule has 0 aliphatic heterocycles. The Morgan fingerprint density at radius 3 is 2.33 bits per heavy atom. The standard InChI is InChI=1S/C20H16F3N3O/c1-13-5-7-14(8-6-13)19(27)26-17-9-10-18(24-12-17)25-16-4-2-3-15(11-16)20(21,22)23/h2-12H,1H3,(H,24,25)(H,26,27). The molecule has 2 aromatic carbocycles. The number of aryl methyl sites for hydroxylation is 1. The van der Waals surface area contributed by atoms with Crippen molar-refractivity contribution in [3.05, 3.63) is 83.6 Å². The normalized spacial score (nSPS) is 11.1. The molecule has 0 aliphatic rings. The average molecular weight is 371 g/mol. The number of nitrogens with one attached hydrogen (secondary N) is 2. The number of rotatable bonds is 4. The SMILES string of the molecule is Cc1ccc(C(=O)Nc2ccc(Nc3cccc(C(F)(F)F)c3)nc2)cc1. The van der Waals surface area contributed by atoms with Gasteiger partial charge in [-0.05, 0) is 49.4 Å². The lowest BCUT2D eigenvalue weighted by Crippen LogP contribution is -2.12. The Morgan fingerprint density at radius 1 is 0.963 bits per heavy atom. The van der Waals surface area contributed by atoms with Gasteiger partial charge in [0.1, 0.15) is 5.82 Å². The van der Waals surface area contributed by atoms with Crippen LogP contribution in [0.5, 0.6) is 0 Å². The molecule has 2 N–H and O–H groups in total. The molecule has 3 rings (SSSR count). The molecule has 0 spiro atoms. The van der Waals surface area contributed by atoms with Gasteiger partial charge in [-0.1, -0.05) is 23.8 Å². The number of anilines is 3. The minimum absolute atomic E-state index is 0.268. The second-order valence-corrected chi connectivity index (χ2v) is 5.96. The minimum atomic E-state index is -4.41. The summed E-state index contributed by atoms with van der Waals surface area (Å²) in [6, 6.07) is 15.2. The van der Waals surface area contributed by atoms with Crippen LogP contribution in [-0.2, 0) is 6.18 Å². The molecule has 7 heteroatoms. The third kappa shape index (κ3) is 4.84. The van der Waals surface area contributed by atoms with E-state index in [2.05, 4.69) is 15.6 Å². The van der Waals surface area contributed by atoms with Crippen molar-refractivity contribution in [2.75, 3.05) is 10.6 Å². The third-order valence-corrected chi connectivity index (χ3v) is 3.80. The molecule has 138 valence electrons. The van der Waals surface area contributed by atoms with E-state index in [9.17, 15) is 18.0 Å². The molecule has 0 bridgehead atoms. The zero-order valence-electron chi connectivity index (χ0n) is 14.3. The molecule has 0 saturated carbocycles. The molecular weight excluding hydrogens is 355 g/mol. The molecule has 0 unspecified atom stereocenters. The molecule has 0 aliphatic carbocycles. The number of amides is 1. The Hall–Kier alpha value is -3.35. The van der Waals surface area contributed by atoms with Gasteiger partial charge in [0.05, 0.1) is 17.4 Å². The summed E-state index contributed by atoms with van der Waals surface area (Å²) in [6.45, 7) is 1.93. The lowest BCUT2D eigenvalue weighted by molar-refractivity contribution is -0.137. The first-order valence-corrected chi connectivity index (χ1v) is 8.09. The van der Waals surface area contributed by atoms with E-state index in [1.54, 1.807) is 24.3 Å². The highest BCUT2D eigenvalue weighted by Crippen LogP contribution is 2.31. The van der Waals surface area contributed by atoms with Crippen molar-refractivity contribution in [2.45, 2.75) is 13.1 Å². The van der Waals surface area contributed by atoms with Crippen molar-refractivity contribution >= 4 is 23.1 Å². The summed E-state index contributed by atoms with van der Waals surface area (Å²) in [7, 11) is 0. The number of benzene rings is 2. The third-order valence-electron chi connectivity index (χ3n) is 3.80. The second kappa shape index (κ2) is 7.49. The van der Waals surface area contributed by atoms with Crippen LogP contribution in [0.2, 0.25) is 0 Å². The second-order valence-electron chi connectivity index (χ2n) is 5.96. The van der Waals surface area contributed by atoms with Gasteiger partial charge in [0.15, 0.2) is 0 Å². The lowest BCUT2D eigenvalue weighted by Gasteiger charge is -2.11. The first kappa shape index (κ1) is 18.4. The van der Waals surface area contributed by atoms with Crippen LogP contribution in [0.25, 0.3) is 0 Å². The average Bonchev–Trinajstić information content (AvgIpc) is 2.63. The van der Waals surface area contributed by atoms with Crippen molar-refractivity contribution < 1.29 is 18.0 Å². The van der Waals surface area contributed by atoms with Crippen molar-refractivity contribution in [2.24, 2.45) is 0 Å². The summed E-state index contributed by atoms with van der Waals surface area (Å²) in [6.07, 6.45) is -2.97. The predicted octanol–water partition coefficient (Wildman–Crippen LogP) is 5.40. The van der Waals surface area contributed by atoms with E-state index in [-0.39, 0.29) is 11.6 Å². The van der Waals surface area contributed by atoms with E-state index in [4.69, 9.17) is 0 Å². The minimum Gasteiger partial charge on any atom is -0.340 e. The van der Waals surface area contributed by atoms with Gasteiger partial charge in [-0.25, -0.2) is 4.98 Å². The van der Waals surface area contributed by atoms with Crippen molar-refractivity contribution in [1.29, 1.82) is 0 Å². The van der Waals surface area contributed by atoms with Crippen molar-refractivity contribution in [1.82, 2.24) is 4.98 Å². The zero-order chi connectivity index (χ0) is 19.4. The van der Waals surface area contributed by atoms with Crippen LogP contribution in [0.15, 0.2) is 66.9 Å². The zero-order valence-corrected chi connectivity index (χ0v) is 14.3. The Morgan fingerprint density at radius 2 is 1.70 bits per heavy atom. The number of hydrogen-bond donors (Lipinski definition) is 2. The maximum atomic E-state index is 12.8. The molecule has 3 aromatic rings. The van der Waals surface area contributed by atoms with E-state index in [0.717, 1.165) is 17.7 Å². The Bertz CT molecular complexity index is 936. The topological polar surface area (TPSA) is 54.0 Å². The molecular formula is C20H16F3N3O. The van der Waals surface area contributed by atoms with Gasteiger partial charge < -0.3 is 10.6 Å². The van der Waals surface area contributed by atoms with Gasteiger partial charge in [-0.2, -0.15) is 13.2 Å². The Kier molecular flexibility index (Phi) is 5.12. The van der Waals surface area contributed by atoms with E-state index in [1.807, 2.05) is 19.1 Å². The molecule has 0 atom stereocenters. The first-order valence-electron chi connectivity index (χ1n) is 8.09. The van der Waals surface area contributed by atoms with Crippen LogP contribution in [0.4, 0.5) is 30.4 Å². The van der Waals surface area contributed by atoms with Crippen LogP contribution in [-0.4, -0.2) is 10.9 Å². The van der Waals surface area contributed by atoms with Crippen LogP contribution < -0.4 is 10.6 Å². The van der Waals surface area contributed by atoms with E-state index in [1.165, 1.54) is 18.3 Å². The van der Waals surface area contributed by atoms with Crippen LogP contribution in [0.1, 0.15) is 21.5 Å². The molecule has 27 heavy (non-hydrogen) atoms. The van der Waals surface area contributed by atoms with Gasteiger partial charge in [0.25, 0.3) is 5.91 Å². The molecule has 1 aromatic heterocycles. The number of aromatic nitrogens is 1. The van der Waals surface area contributed by atoms with Crippen molar-refractivity contribution in [3.8, 4) is 0 Å². The lowest BCUT2D eigenvalue weighted by atomic mass is 10.1. The number of nitrogens with zero attached hydrogens (tertiary/aromatic N) is 1. The highest BCUT2D eigenvalue weighted by molar-refractivity contribution is 6.04.